The molecule has 5 aromatic carbocycles. The highest BCUT2D eigenvalue weighted by Gasteiger charge is 2.15. The molecule has 0 heteroatoms. The molecule has 442 valence electrons. The quantitative estimate of drug-likeness (QED) is 0.145. The van der Waals surface area contributed by atoms with Gasteiger partial charge in [0.25, 0.3) is 0 Å². The lowest BCUT2D eigenvalue weighted by Crippen LogP contribution is -2.08. The third kappa shape index (κ3) is 37.9. The molecule has 0 unspecified atom stereocenters. The van der Waals surface area contributed by atoms with Gasteiger partial charge in [-0.25, -0.2) is 0 Å². The van der Waals surface area contributed by atoms with Crippen LogP contribution in [0.2, 0.25) is 0 Å². The minimum Gasteiger partial charge on any atom is -0.0776 e. The van der Waals surface area contributed by atoms with Gasteiger partial charge in [-0.1, -0.05) is 309 Å². The van der Waals surface area contributed by atoms with Crippen LogP contribution in [0.1, 0.15) is 251 Å². The predicted molar refractivity (Wildman–Crippen MR) is 359 cm³/mol. The molecule has 4 saturated carbocycles. The normalized spacial score (nSPS) is 21.7. The Morgan fingerprint density at radius 1 is 0.192 bits per heavy atom. The van der Waals surface area contributed by atoms with E-state index in [0.717, 1.165) is 47.3 Å². The van der Waals surface area contributed by atoms with Crippen molar-refractivity contribution >= 4 is 0 Å². The first kappa shape index (κ1) is 76.2. The molecule has 0 atom stereocenters. The van der Waals surface area contributed by atoms with Crippen molar-refractivity contribution in [2.75, 3.05) is 0 Å². The van der Waals surface area contributed by atoms with E-state index in [0.29, 0.717) is 0 Å². The monoisotopic (exact) mass is 1070 g/mol. The highest BCUT2D eigenvalue weighted by Crippen LogP contribution is 2.30. The van der Waals surface area contributed by atoms with E-state index < -0.39 is 0 Å². The summed E-state index contributed by atoms with van der Waals surface area (Å²) >= 11 is 0. The van der Waals surface area contributed by atoms with Gasteiger partial charge in [0.05, 0.1) is 0 Å². The van der Waals surface area contributed by atoms with Crippen molar-refractivity contribution in [2.24, 2.45) is 47.3 Å². The number of aryl methyl sites for hydroxylation is 13. The Kier molecular flexibility index (Phi) is 41.9. The average Bonchev–Trinajstić information content (AvgIpc) is 3.38. The Bertz CT molecular complexity index is 1920. The molecule has 0 aliphatic heterocycles. The molecule has 0 spiro atoms. The second-order valence-corrected chi connectivity index (χ2v) is 26.0. The minimum atomic E-state index is 0. The summed E-state index contributed by atoms with van der Waals surface area (Å²) < 4.78 is 0. The lowest BCUT2D eigenvalue weighted by Gasteiger charge is -2.22. The van der Waals surface area contributed by atoms with Crippen LogP contribution in [-0.4, -0.2) is 0 Å². The van der Waals surface area contributed by atoms with Gasteiger partial charge in [-0.05, 0) is 183 Å². The molecule has 0 saturated heterocycles. The van der Waals surface area contributed by atoms with Crippen LogP contribution in [0.4, 0.5) is 0 Å². The number of hydrogen-bond acceptors (Lipinski definition) is 0. The van der Waals surface area contributed by atoms with E-state index >= 15 is 0 Å². The zero-order valence-corrected chi connectivity index (χ0v) is 54.2. The minimum absolute atomic E-state index is 0. The summed E-state index contributed by atoms with van der Waals surface area (Å²) in [6.07, 6.45) is 23.6. The zero-order chi connectivity index (χ0) is 57.3. The fourth-order valence-corrected chi connectivity index (χ4v) is 10.0. The second-order valence-electron chi connectivity index (χ2n) is 26.0. The van der Waals surface area contributed by atoms with Crippen LogP contribution in [-0.2, 0) is 0 Å². The maximum Gasteiger partial charge on any atom is -0.0392 e. The maximum absolute atomic E-state index is 2.37. The Morgan fingerprint density at radius 3 is 0.500 bits per heavy atom. The van der Waals surface area contributed by atoms with Gasteiger partial charge < -0.3 is 0 Å². The molecule has 4 fully saturated rings. The molecule has 4 aliphatic rings. The molecule has 0 heterocycles. The Hall–Kier alpha value is -3.90. The van der Waals surface area contributed by atoms with Crippen LogP contribution in [0.25, 0.3) is 0 Å². The van der Waals surface area contributed by atoms with E-state index in [1.807, 2.05) is 0 Å². The van der Waals surface area contributed by atoms with Gasteiger partial charge in [0.1, 0.15) is 0 Å². The van der Waals surface area contributed by atoms with Crippen LogP contribution < -0.4 is 0 Å². The van der Waals surface area contributed by atoms with Gasteiger partial charge in [0.15, 0.2) is 0 Å². The average molecular weight is 1070 g/mol. The highest BCUT2D eigenvalue weighted by molar-refractivity contribution is 5.36. The third-order valence-corrected chi connectivity index (χ3v) is 17.1. The lowest BCUT2D eigenvalue weighted by molar-refractivity contribution is 0.308. The molecule has 0 bridgehead atoms. The van der Waals surface area contributed by atoms with Crippen molar-refractivity contribution in [3.63, 3.8) is 0 Å². The van der Waals surface area contributed by atoms with E-state index in [1.165, 1.54) is 181 Å². The summed E-state index contributed by atoms with van der Waals surface area (Å²) in [6.45, 7) is 48.7. The Morgan fingerprint density at radius 2 is 0.346 bits per heavy atom. The van der Waals surface area contributed by atoms with Crippen molar-refractivity contribution < 1.29 is 0 Å². The standard InChI is InChI=1S/C10H14.2C9H12.4C8H16.2C8H10.2CH4/c1-7-5-8(2)10(4)9(3)6-7;2*1-7-4-5-8(2)9(3)6-7;6*1-7-3-5-8(2)6-4-7;;/h5-6H,1-4H3;2*4-6H,1-3H3;4*7-8H,3-6H2,1-2H3;2*3-6H,1-2H3;2*1H4. The van der Waals surface area contributed by atoms with Crippen molar-refractivity contribution in [3.05, 3.63) is 175 Å². The fraction of sp³-hybridized carbons (Fsp3) is 0.615. The second kappa shape index (κ2) is 42.9. The molecule has 0 N–H and O–H groups in total. The first-order chi connectivity index (χ1) is 35.7. The van der Waals surface area contributed by atoms with Crippen LogP contribution >= 0.6 is 0 Å². The number of hydrogen-bond donors (Lipinski definition) is 0. The number of rotatable bonds is 0. The molecule has 0 nitrogen and oxygen atoms in total. The predicted octanol–water partition coefficient (Wildman–Crippen LogP) is 25.4. The summed E-state index contributed by atoms with van der Waals surface area (Å²) in [6, 6.07) is 34.4. The molecule has 5 aromatic rings. The van der Waals surface area contributed by atoms with E-state index in [1.54, 1.807) is 0 Å². The smallest absolute Gasteiger partial charge is 0.0392 e. The SMILES string of the molecule is C.C.CC1CCC(C)CC1.CC1CCC(C)CC1.CC1CCC(C)CC1.CC1CCC(C)CC1.Cc1cc(C)c(C)c(C)c1.Cc1ccc(C)c(C)c1.Cc1ccc(C)c(C)c1.Cc1ccc(C)cc1.Cc1ccc(C)cc1. The summed E-state index contributed by atoms with van der Waals surface area (Å²) in [4.78, 5) is 0. The molecule has 78 heavy (non-hydrogen) atoms. The molecular formula is C78H130. The molecule has 4 aliphatic carbocycles. The van der Waals surface area contributed by atoms with Crippen LogP contribution in [0.15, 0.2) is 97.1 Å². The third-order valence-electron chi connectivity index (χ3n) is 17.1. The molecule has 0 radical (unpaired) electrons. The molecule has 9 rings (SSSR count). The van der Waals surface area contributed by atoms with Gasteiger partial charge in [-0.15, -0.1) is 0 Å². The van der Waals surface area contributed by atoms with E-state index in [4.69, 9.17) is 0 Å². The molecule has 0 aromatic heterocycles. The maximum atomic E-state index is 2.37. The first-order valence-corrected chi connectivity index (χ1v) is 30.9. The summed E-state index contributed by atoms with van der Waals surface area (Å²) in [5.74, 6) is 8.16. The van der Waals surface area contributed by atoms with Crippen molar-refractivity contribution in [1.82, 2.24) is 0 Å². The van der Waals surface area contributed by atoms with Crippen molar-refractivity contribution in [2.45, 2.75) is 270 Å². The van der Waals surface area contributed by atoms with Gasteiger partial charge in [0.2, 0.25) is 0 Å². The highest BCUT2D eigenvalue weighted by atomic mass is 14.2. The Labute approximate surface area is 489 Å². The topological polar surface area (TPSA) is 0 Å². The molecule has 0 amide bonds. The van der Waals surface area contributed by atoms with Crippen LogP contribution in [0, 0.1) is 144 Å². The van der Waals surface area contributed by atoms with Gasteiger partial charge >= 0.3 is 0 Å². The zero-order valence-electron chi connectivity index (χ0n) is 54.2. The number of benzene rings is 5. The van der Waals surface area contributed by atoms with Crippen LogP contribution in [0.3, 0.4) is 0 Å². The first-order valence-electron chi connectivity index (χ1n) is 30.9. The van der Waals surface area contributed by atoms with Crippen LogP contribution in [0.5, 0.6) is 0 Å². The largest absolute Gasteiger partial charge is 0.0776 e. The molecular weight excluding hydrogens is 937 g/mol. The van der Waals surface area contributed by atoms with E-state index in [-0.39, 0.29) is 14.9 Å². The fourth-order valence-electron chi connectivity index (χ4n) is 10.0. The summed E-state index contributed by atoms with van der Waals surface area (Å²) in [5, 5.41) is 0. The van der Waals surface area contributed by atoms with E-state index in [2.05, 4.69) is 249 Å². The summed E-state index contributed by atoms with van der Waals surface area (Å²) in [7, 11) is 0. The van der Waals surface area contributed by atoms with Gasteiger partial charge in [-0.3, -0.25) is 0 Å². The van der Waals surface area contributed by atoms with E-state index in [9.17, 15) is 0 Å². The lowest BCUT2D eigenvalue weighted by atomic mass is 9.84. The van der Waals surface area contributed by atoms with Crippen molar-refractivity contribution in [3.8, 4) is 0 Å². The van der Waals surface area contributed by atoms with Crippen molar-refractivity contribution in [1.29, 1.82) is 0 Å². The Balaban J connectivity index is 0. The summed E-state index contributed by atoms with van der Waals surface area (Å²) in [5.41, 5.74) is 19.1. The van der Waals surface area contributed by atoms with Gasteiger partial charge in [0, 0.05) is 0 Å². The van der Waals surface area contributed by atoms with Gasteiger partial charge in [-0.2, -0.15) is 0 Å².